The molecule has 2 rings (SSSR count). The van der Waals surface area contributed by atoms with E-state index in [4.69, 9.17) is 8.85 Å². The molecule has 8 heteroatoms. The SMILES string of the molecule is C[Si](C)(C)Oc1nc(O[Si](C)(C)C)c2[nH]cnc2n1. The van der Waals surface area contributed by atoms with Crippen molar-refractivity contribution < 1.29 is 8.85 Å². The molecule has 0 aromatic carbocycles. The third-order valence-corrected chi connectivity index (χ3v) is 3.63. The van der Waals surface area contributed by atoms with Crippen LogP contribution in [0.5, 0.6) is 11.9 Å². The maximum Gasteiger partial charge on any atom is 0.308 e. The lowest BCUT2D eigenvalue weighted by Crippen LogP contribution is -2.32. The molecule has 1 N–H and O–H groups in total. The molecule has 0 bridgehead atoms. The van der Waals surface area contributed by atoms with Gasteiger partial charge in [0.1, 0.15) is 5.52 Å². The Bertz CT molecular complexity index is 586. The Morgan fingerprint density at radius 3 is 2.16 bits per heavy atom. The van der Waals surface area contributed by atoms with Crippen LogP contribution in [0, 0.1) is 0 Å². The second-order valence-corrected chi connectivity index (χ2v) is 15.2. The Balaban J connectivity index is 2.45. The number of H-pyrrole nitrogens is 1. The minimum absolute atomic E-state index is 0.354. The smallest absolute Gasteiger partial charge is 0.308 e. The van der Waals surface area contributed by atoms with E-state index >= 15 is 0 Å². The van der Waals surface area contributed by atoms with Gasteiger partial charge in [-0.25, -0.2) is 4.98 Å². The van der Waals surface area contributed by atoms with Crippen LogP contribution in [0.1, 0.15) is 0 Å². The third-order valence-electron chi connectivity index (χ3n) is 2.03. The Kier molecular flexibility index (Phi) is 3.39. The number of rotatable bonds is 4. The average molecular weight is 296 g/mol. The molecule has 0 saturated heterocycles. The summed E-state index contributed by atoms with van der Waals surface area (Å²) in [6.07, 6.45) is 1.59. The van der Waals surface area contributed by atoms with E-state index in [9.17, 15) is 0 Å². The summed E-state index contributed by atoms with van der Waals surface area (Å²) in [6.45, 7) is 12.6. The van der Waals surface area contributed by atoms with Gasteiger partial charge >= 0.3 is 6.01 Å². The fourth-order valence-corrected chi connectivity index (χ4v) is 2.84. The number of imidazole rings is 1. The van der Waals surface area contributed by atoms with Crippen LogP contribution in [0.2, 0.25) is 39.3 Å². The third kappa shape index (κ3) is 3.77. The average Bonchev–Trinajstić information content (AvgIpc) is 2.59. The summed E-state index contributed by atoms with van der Waals surface area (Å²) in [5.41, 5.74) is 1.31. The quantitative estimate of drug-likeness (QED) is 0.878. The fraction of sp³-hybridized carbons (Fsp3) is 0.545. The van der Waals surface area contributed by atoms with Crippen LogP contribution in [0.4, 0.5) is 0 Å². The van der Waals surface area contributed by atoms with Crippen molar-refractivity contribution in [1.29, 1.82) is 0 Å². The van der Waals surface area contributed by atoms with Gasteiger partial charge in [0, 0.05) is 0 Å². The van der Waals surface area contributed by atoms with Crippen molar-refractivity contribution in [1.82, 2.24) is 19.9 Å². The van der Waals surface area contributed by atoms with E-state index in [0.29, 0.717) is 17.5 Å². The van der Waals surface area contributed by atoms with Gasteiger partial charge < -0.3 is 13.8 Å². The normalized spacial score (nSPS) is 12.7. The molecule has 0 atom stereocenters. The fourth-order valence-electron chi connectivity index (χ4n) is 1.47. The van der Waals surface area contributed by atoms with Crippen LogP contribution >= 0.6 is 0 Å². The van der Waals surface area contributed by atoms with Crippen molar-refractivity contribution in [2.45, 2.75) is 39.3 Å². The summed E-state index contributed by atoms with van der Waals surface area (Å²) in [5.74, 6) is 0.537. The number of fused-ring (bicyclic) bond motifs is 1. The number of aromatic amines is 1. The van der Waals surface area contributed by atoms with Crippen LogP contribution in [-0.2, 0) is 0 Å². The molecule has 2 aromatic heterocycles. The molecule has 0 aliphatic heterocycles. The maximum atomic E-state index is 5.98. The summed E-state index contributed by atoms with van der Waals surface area (Å²) in [4.78, 5) is 15.9. The van der Waals surface area contributed by atoms with E-state index in [1.165, 1.54) is 0 Å². The highest BCUT2D eigenvalue weighted by Crippen LogP contribution is 2.25. The topological polar surface area (TPSA) is 72.9 Å². The summed E-state index contributed by atoms with van der Waals surface area (Å²) < 4.78 is 11.8. The molecule has 0 radical (unpaired) electrons. The predicted octanol–water partition coefficient (Wildman–Crippen LogP) is 2.78. The molecule has 6 nitrogen and oxygen atoms in total. The van der Waals surface area contributed by atoms with Crippen molar-refractivity contribution in [3.05, 3.63) is 6.33 Å². The number of nitrogens with one attached hydrogen (secondary N) is 1. The summed E-state index contributed by atoms with van der Waals surface area (Å²) >= 11 is 0. The van der Waals surface area contributed by atoms with Crippen LogP contribution < -0.4 is 8.85 Å². The number of hydrogen-bond donors (Lipinski definition) is 1. The van der Waals surface area contributed by atoms with Crippen molar-refractivity contribution >= 4 is 27.8 Å². The molecule has 2 heterocycles. The van der Waals surface area contributed by atoms with Crippen molar-refractivity contribution in [2.24, 2.45) is 0 Å². The Morgan fingerprint density at radius 2 is 1.58 bits per heavy atom. The van der Waals surface area contributed by atoms with Crippen LogP contribution in [0.15, 0.2) is 6.33 Å². The Labute approximate surface area is 114 Å². The molecule has 0 aliphatic rings. The van der Waals surface area contributed by atoms with Crippen LogP contribution in [-0.4, -0.2) is 36.6 Å². The molecule has 104 valence electrons. The first-order chi connectivity index (χ1) is 8.64. The lowest BCUT2D eigenvalue weighted by Gasteiger charge is -2.21. The molecule has 0 saturated carbocycles. The molecule has 2 aromatic rings. The minimum Gasteiger partial charge on any atom is -0.530 e. The van der Waals surface area contributed by atoms with E-state index < -0.39 is 16.6 Å². The minimum atomic E-state index is -1.75. The molecular formula is C11H20N4O2Si2. The summed E-state index contributed by atoms with van der Waals surface area (Å²) in [5, 5.41) is 0. The first kappa shape index (κ1) is 14.0. The van der Waals surface area contributed by atoms with Gasteiger partial charge in [0.2, 0.25) is 22.5 Å². The first-order valence-corrected chi connectivity index (χ1v) is 13.0. The lowest BCUT2D eigenvalue weighted by atomic mass is 10.5. The van der Waals surface area contributed by atoms with E-state index in [1.54, 1.807) is 6.33 Å². The zero-order valence-electron chi connectivity index (χ0n) is 12.2. The van der Waals surface area contributed by atoms with Gasteiger partial charge in [-0.05, 0) is 39.3 Å². The summed E-state index contributed by atoms with van der Waals surface area (Å²) in [6, 6.07) is 0.354. The largest absolute Gasteiger partial charge is 0.530 e. The van der Waals surface area contributed by atoms with Crippen molar-refractivity contribution in [3.63, 3.8) is 0 Å². The Hall–Kier alpha value is -1.42. The van der Waals surface area contributed by atoms with Gasteiger partial charge in [0.25, 0.3) is 0 Å². The first-order valence-electron chi connectivity index (χ1n) is 6.23. The highest BCUT2D eigenvalue weighted by atomic mass is 28.4. The van der Waals surface area contributed by atoms with E-state index in [-0.39, 0.29) is 0 Å². The second kappa shape index (κ2) is 4.60. The van der Waals surface area contributed by atoms with Gasteiger partial charge in [-0.15, -0.1) is 0 Å². The van der Waals surface area contributed by atoms with Crippen molar-refractivity contribution in [2.75, 3.05) is 0 Å². The van der Waals surface area contributed by atoms with E-state index in [1.807, 2.05) is 0 Å². The van der Waals surface area contributed by atoms with Crippen LogP contribution in [0.3, 0.4) is 0 Å². The van der Waals surface area contributed by atoms with E-state index in [0.717, 1.165) is 5.52 Å². The zero-order valence-corrected chi connectivity index (χ0v) is 14.2. The second-order valence-electron chi connectivity index (χ2n) is 6.34. The van der Waals surface area contributed by atoms with Gasteiger partial charge in [-0.2, -0.15) is 9.97 Å². The van der Waals surface area contributed by atoms with Gasteiger partial charge in [-0.3, -0.25) is 0 Å². The monoisotopic (exact) mass is 296 g/mol. The predicted molar refractivity (Wildman–Crippen MR) is 79.6 cm³/mol. The number of nitrogens with zero attached hydrogens (tertiary/aromatic N) is 3. The summed E-state index contributed by atoms with van der Waals surface area (Å²) in [7, 11) is -3.51. The molecular weight excluding hydrogens is 276 g/mol. The highest BCUT2D eigenvalue weighted by Gasteiger charge is 2.23. The van der Waals surface area contributed by atoms with Gasteiger partial charge in [0.15, 0.2) is 5.65 Å². The maximum absolute atomic E-state index is 5.98. The highest BCUT2D eigenvalue weighted by molar-refractivity contribution is 6.70. The molecule has 0 fully saturated rings. The lowest BCUT2D eigenvalue weighted by molar-refractivity contribution is 0.481. The van der Waals surface area contributed by atoms with Crippen molar-refractivity contribution in [3.8, 4) is 11.9 Å². The van der Waals surface area contributed by atoms with Gasteiger partial charge in [0.05, 0.1) is 6.33 Å². The molecule has 0 unspecified atom stereocenters. The van der Waals surface area contributed by atoms with Gasteiger partial charge in [-0.1, -0.05) is 0 Å². The Morgan fingerprint density at radius 1 is 0.947 bits per heavy atom. The van der Waals surface area contributed by atoms with E-state index in [2.05, 4.69) is 59.2 Å². The zero-order chi connectivity index (χ0) is 14.3. The molecule has 0 amide bonds. The number of hydrogen-bond acceptors (Lipinski definition) is 5. The molecule has 19 heavy (non-hydrogen) atoms. The molecule has 0 spiro atoms. The molecule has 0 aliphatic carbocycles. The standard InChI is InChI=1S/C11H20N4O2Si2/c1-18(2,3)16-10-8-9(13-7-12-8)14-11(15-10)17-19(4,5)6/h7H,1-6H3,(H,12,13,14,15). The number of aromatic nitrogens is 4. The van der Waals surface area contributed by atoms with Crippen LogP contribution in [0.25, 0.3) is 11.2 Å².